The molecule has 2 aliphatic heterocycles. The molecule has 0 aliphatic carbocycles. The molecule has 1 atom stereocenters. The molecule has 0 saturated carbocycles. The fourth-order valence-corrected chi connectivity index (χ4v) is 2.61. The van der Waals surface area contributed by atoms with Gasteiger partial charge in [0.15, 0.2) is 5.69 Å². The molecular weight excluding hydrogens is 204 g/mol. The molecule has 2 aliphatic rings. The van der Waals surface area contributed by atoms with Gasteiger partial charge in [-0.25, -0.2) is 0 Å². The van der Waals surface area contributed by atoms with E-state index in [4.69, 9.17) is 0 Å². The van der Waals surface area contributed by atoms with Crippen molar-refractivity contribution < 1.29 is 4.79 Å². The first kappa shape index (κ1) is 8.04. The molecule has 1 aromatic carbocycles. The Morgan fingerprint density at radius 2 is 2.25 bits per heavy atom. The molecule has 78 valence electrons. The van der Waals surface area contributed by atoms with Crippen molar-refractivity contribution in [3.8, 4) is 0 Å². The van der Waals surface area contributed by atoms with E-state index >= 15 is 0 Å². The second kappa shape index (κ2) is 2.49. The standard InChI is InChI=1S/C11H8N4O/c16-11-10-9(12-14-13-10)8-5-6-3-1-2-4-7(6)15(8)11/h1-4,8H,5H2,(H,12,13,14). The summed E-state index contributed by atoms with van der Waals surface area (Å²) in [7, 11) is 0. The number of nitrogens with one attached hydrogen (secondary N) is 1. The Hall–Kier alpha value is -2.17. The van der Waals surface area contributed by atoms with Crippen LogP contribution in [0.25, 0.3) is 0 Å². The van der Waals surface area contributed by atoms with Crippen molar-refractivity contribution in [1.29, 1.82) is 0 Å². The van der Waals surface area contributed by atoms with Crippen molar-refractivity contribution >= 4 is 11.6 Å². The van der Waals surface area contributed by atoms with E-state index in [1.165, 1.54) is 5.56 Å². The Morgan fingerprint density at radius 1 is 1.38 bits per heavy atom. The quantitative estimate of drug-likeness (QED) is 0.710. The van der Waals surface area contributed by atoms with E-state index < -0.39 is 0 Å². The van der Waals surface area contributed by atoms with Gasteiger partial charge in [-0.15, -0.1) is 5.10 Å². The molecule has 5 heteroatoms. The fraction of sp³-hybridized carbons (Fsp3) is 0.182. The van der Waals surface area contributed by atoms with Crippen LogP contribution in [0.2, 0.25) is 0 Å². The zero-order chi connectivity index (χ0) is 10.7. The van der Waals surface area contributed by atoms with Gasteiger partial charge in [0.05, 0.1) is 11.7 Å². The van der Waals surface area contributed by atoms with Crippen LogP contribution in [-0.2, 0) is 6.42 Å². The molecule has 3 heterocycles. The molecule has 1 amide bonds. The zero-order valence-electron chi connectivity index (χ0n) is 8.34. The SMILES string of the molecule is O=C1c2nn[nH]c2C2Cc3ccccc3N12. The second-order valence-corrected chi connectivity index (χ2v) is 4.10. The van der Waals surface area contributed by atoms with Crippen LogP contribution < -0.4 is 4.90 Å². The Kier molecular flexibility index (Phi) is 1.25. The smallest absolute Gasteiger partial charge is 0.281 e. The lowest BCUT2D eigenvalue weighted by molar-refractivity contribution is 0.0988. The van der Waals surface area contributed by atoms with Crippen molar-refractivity contribution in [2.45, 2.75) is 12.5 Å². The minimum Gasteiger partial charge on any atom is -0.297 e. The van der Waals surface area contributed by atoms with Crippen LogP contribution in [0.1, 0.15) is 27.8 Å². The molecular formula is C11H8N4O. The van der Waals surface area contributed by atoms with Gasteiger partial charge in [-0.05, 0) is 11.6 Å². The molecule has 1 N–H and O–H groups in total. The Bertz CT molecular complexity index is 604. The number of hydrogen-bond donors (Lipinski definition) is 1. The summed E-state index contributed by atoms with van der Waals surface area (Å²) < 4.78 is 0. The van der Waals surface area contributed by atoms with Crippen LogP contribution in [0.4, 0.5) is 5.69 Å². The fourth-order valence-electron chi connectivity index (χ4n) is 2.61. The highest BCUT2D eigenvalue weighted by molar-refractivity contribution is 6.10. The molecule has 1 unspecified atom stereocenters. The minimum absolute atomic E-state index is 0.0429. The summed E-state index contributed by atoms with van der Waals surface area (Å²) >= 11 is 0. The Balaban J connectivity index is 1.94. The molecule has 0 radical (unpaired) electrons. The number of rotatable bonds is 0. The third-order valence-corrected chi connectivity index (χ3v) is 3.31. The zero-order valence-corrected chi connectivity index (χ0v) is 8.34. The normalized spacial score (nSPS) is 20.9. The summed E-state index contributed by atoms with van der Waals surface area (Å²) in [6, 6.07) is 8.05. The number of hydrogen-bond acceptors (Lipinski definition) is 3. The van der Waals surface area contributed by atoms with Gasteiger partial charge < -0.3 is 0 Å². The van der Waals surface area contributed by atoms with Crippen LogP contribution in [0.3, 0.4) is 0 Å². The number of anilines is 1. The van der Waals surface area contributed by atoms with E-state index in [1.807, 2.05) is 23.1 Å². The average molecular weight is 212 g/mol. The molecule has 1 aromatic heterocycles. The van der Waals surface area contributed by atoms with Gasteiger partial charge in [0.1, 0.15) is 0 Å². The van der Waals surface area contributed by atoms with Crippen LogP contribution in [-0.4, -0.2) is 21.3 Å². The monoisotopic (exact) mass is 212 g/mol. The molecule has 0 saturated heterocycles. The summed E-state index contributed by atoms with van der Waals surface area (Å²) in [6.45, 7) is 0. The molecule has 5 nitrogen and oxygen atoms in total. The van der Waals surface area contributed by atoms with Crippen LogP contribution in [0.15, 0.2) is 24.3 Å². The van der Waals surface area contributed by atoms with Crippen molar-refractivity contribution in [3.63, 3.8) is 0 Å². The summed E-state index contributed by atoms with van der Waals surface area (Å²) in [6.07, 6.45) is 0.846. The van der Waals surface area contributed by atoms with E-state index in [1.54, 1.807) is 0 Å². The van der Waals surface area contributed by atoms with Gasteiger partial charge in [-0.1, -0.05) is 23.4 Å². The van der Waals surface area contributed by atoms with Crippen LogP contribution >= 0.6 is 0 Å². The summed E-state index contributed by atoms with van der Waals surface area (Å²) in [4.78, 5) is 13.9. The predicted octanol–water partition coefficient (Wildman–Crippen LogP) is 1.06. The number of nitrogens with zero attached hydrogens (tertiary/aromatic N) is 3. The Morgan fingerprint density at radius 3 is 3.19 bits per heavy atom. The molecule has 0 bridgehead atoms. The van der Waals surface area contributed by atoms with Gasteiger partial charge in [0.25, 0.3) is 5.91 Å². The number of H-pyrrole nitrogens is 1. The van der Waals surface area contributed by atoms with Gasteiger partial charge in [0.2, 0.25) is 0 Å². The number of carbonyl (C=O) groups is 1. The molecule has 0 spiro atoms. The third kappa shape index (κ3) is 0.756. The van der Waals surface area contributed by atoms with Crippen molar-refractivity contribution in [2.75, 3.05) is 4.90 Å². The lowest BCUT2D eigenvalue weighted by Crippen LogP contribution is -2.25. The number of aromatic amines is 1. The maximum Gasteiger partial charge on any atom is 0.281 e. The highest BCUT2D eigenvalue weighted by atomic mass is 16.2. The topological polar surface area (TPSA) is 61.9 Å². The van der Waals surface area contributed by atoms with E-state index in [0.29, 0.717) is 5.69 Å². The first-order valence-corrected chi connectivity index (χ1v) is 5.18. The first-order valence-electron chi connectivity index (χ1n) is 5.18. The van der Waals surface area contributed by atoms with E-state index in [2.05, 4.69) is 21.5 Å². The van der Waals surface area contributed by atoms with Crippen molar-refractivity contribution in [2.24, 2.45) is 0 Å². The van der Waals surface area contributed by atoms with E-state index in [9.17, 15) is 4.79 Å². The highest BCUT2D eigenvalue weighted by Crippen LogP contribution is 2.44. The number of benzene rings is 1. The van der Waals surface area contributed by atoms with Gasteiger partial charge in [-0.2, -0.15) is 0 Å². The van der Waals surface area contributed by atoms with Gasteiger partial charge in [-0.3, -0.25) is 14.8 Å². The third-order valence-electron chi connectivity index (χ3n) is 3.31. The summed E-state index contributed by atoms with van der Waals surface area (Å²) in [5, 5.41) is 10.4. The largest absolute Gasteiger partial charge is 0.297 e. The lowest BCUT2D eigenvalue weighted by atomic mass is 10.1. The van der Waals surface area contributed by atoms with Gasteiger partial charge >= 0.3 is 0 Å². The van der Waals surface area contributed by atoms with Gasteiger partial charge in [0, 0.05) is 12.1 Å². The lowest BCUT2D eigenvalue weighted by Gasteiger charge is -2.16. The maximum absolute atomic E-state index is 12.1. The maximum atomic E-state index is 12.1. The van der Waals surface area contributed by atoms with Crippen molar-refractivity contribution in [3.05, 3.63) is 41.2 Å². The first-order chi connectivity index (χ1) is 7.86. The van der Waals surface area contributed by atoms with Crippen molar-refractivity contribution in [1.82, 2.24) is 15.4 Å². The Labute approximate surface area is 91.1 Å². The van der Waals surface area contributed by atoms with Crippen LogP contribution in [0.5, 0.6) is 0 Å². The molecule has 0 fully saturated rings. The number of para-hydroxylation sites is 1. The molecule has 2 aromatic rings. The number of aromatic nitrogens is 3. The highest BCUT2D eigenvalue weighted by Gasteiger charge is 2.45. The molecule has 16 heavy (non-hydrogen) atoms. The van der Waals surface area contributed by atoms with E-state index in [-0.39, 0.29) is 11.9 Å². The van der Waals surface area contributed by atoms with E-state index in [0.717, 1.165) is 17.8 Å². The number of fused-ring (bicyclic) bond motifs is 5. The summed E-state index contributed by atoms with van der Waals surface area (Å²) in [5.41, 5.74) is 3.53. The second-order valence-electron chi connectivity index (χ2n) is 4.10. The summed E-state index contributed by atoms with van der Waals surface area (Å²) in [5.74, 6) is -0.0429. The molecule has 4 rings (SSSR count). The number of amides is 1. The van der Waals surface area contributed by atoms with Crippen LogP contribution in [0, 0.1) is 0 Å². The predicted molar refractivity (Wildman–Crippen MR) is 56.1 cm³/mol. The minimum atomic E-state index is -0.0429. The number of carbonyl (C=O) groups excluding carboxylic acids is 1. The average Bonchev–Trinajstić information content (AvgIpc) is 2.95.